The summed E-state index contributed by atoms with van der Waals surface area (Å²) in [5.74, 6) is -0.437. The summed E-state index contributed by atoms with van der Waals surface area (Å²) in [5, 5.41) is 0. The topological polar surface area (TPSA) is 63.9 Å². The molecule has 6 nitrogen and oxygen atoms in total. The summed E-state index contributed by atoms with van der Waals surface area (Å²) in [4.78, 5) is 28.5. The quantitative estimate of drug-likeness (QED) is 0.344. The van der Waals surface area contributed by atoms with Crippen LogP contribution in [0.3, 0.4) is 0 Å². The van der Waals surface area contributed by atoms with E-state index in [1.54, 1.807) is 25.3 Å². The van der Waals surface area contributed by atoms with Crippen molar-refractivity contribution in [2.75, 3.05) is 18.0 Å². The van der Waals surface area contributed by atoms with Crippen LogP contribution < -0.4 is 10.5 Å². The molecule has 1 aliphatic rings. The van der Waals surface area contributed by atoms with Crippen LogP contribution in [-0.4, -0.2) is 32.6 Å². The Morgan fingerprint density at radius 1 is 1.05 bits per heavy atom. The molecule has 4 heterocycles. The summed E-state index contributed by atoms with van der Waals surface area (Å²) in [6, 6.07) is 8.84. The normalized spacial score (nSPS) is 14.9. The van der Waals surface area contributed by atoms with E-state index in [-0.39, 0.29) is 29.6 Å². The molecule has 192 valence electrons. The molecular formula is C27H25F4N5O. The number of para-hydroxylation sites is 1. The minimum atomic E-state index is -4.61. The summed E-state index contributed by atoms with van der Waals surface area (Å²) in [5.41, 5.74) is 1.49. The van der Waals surface area contributed by atoms with Gasteiger partial charge in [-0.3, -0.25) is 19.3 Å². The first-order valence-electron chi connectivity index (χ1n) is 12.0. The molecule has 5 rings (SSSR count). The molecule has 0 amide bonds. The first-order chi connectivity index (χ1) is 17.6. The Bertz CT molecular complexity index is 1500. The van der Waals surface area contributed by atoms with Crippen LogP contribution in [0.5, 0.6) is 0 Å². The third-order valence-electron chi connectivity index (χ3n) is 6.88. The zero-order chi connectivity index (χ0) is 26.3. The van der Waals surface area contributed by atoms with Gasteiger partial charge in [0.25, 0.3) is 5.56 Å². The number of benzene rings is 1. The molecule has 1 aliphatic heterocycles. The third-order valence-corrected chi connectivity index (χ3v) is 6.88. The molecule has 3 aromatic heterocycles. The summed E-state index contributed by atoms with van der Waals surface area (Å²) in [7, 11) is 0. The number of rotatable bonds is 4. The number of hydrogen-bond acceptors (Lipinski definition) is 5. The number of pyridine rings is 2. The molecule has 0 bridgehead atoms. The van der Waals surface area contributed by atoms with Crippen LogP contribution in [0.1, 0.15) is 46.8 Å². The van der Waals surface area contributed by atoms with Gasteiger partial charge in [0.1, 0.15) is 11.3 Å². The van der Waals surface area contributed by atoms with E-state index >= 15 is 0 Å². The van der Waals surface area contributed by atoms with Crippen molar-refractivity contribution in [3.63, 3.8) is 0 Å². The molecule has 4 aromatic rings. The summed E-state index contributed by atoms with van der Waals surface area (Å²) in [6.07, 6.45) is -0.596. The molecule has 0 aliphatic carbocycles. The van der Waals surface area contributed by atoms with Crippen LogP contribution in [0.2, 0.25) is 0 Å². The van der Waals surface area contributed by atoms with Gasteiger partial charge in [-0.25, -0.2) is 9.37 Å². The maximum atomic E-state index is 14.5. The van der Waals surface area contributed by atoms with Crippen LogP contribution in [0.4, 0.5) is 23.2 Å². The first kappa shape index (κ1) is 24.9. The lowest BCUT2D eigenvalue weighted by molar-refractivity contribution is -0.138. The van der Waals surface area contributed by atoms with E-state index in [0.29, 0.717) is 48.4 Å². The minimum Gasteiger partial charge on any atom is -0.369 e. The van der Waals surface area contributed by atoms with Gasteiger partial charge in [-0.05, 0) is 62.4 Å². The Balaban J connectivity index is 1.53. The van der Waals surface area contributed by atoms with Crippen molar-refractivity contribution in [2.24, 2.45) is 0 Å². The Labute approximate surface area is 210 Å². The molecule has 0 atom stereocenters. The fraction of sp³-hybridized carbons (Fsp3) is 0.333. The van der Waals surface area contributed by atoms with Crippen molar-refractivity contribution in [1.29, 1.82) is 0 Å². The van der Waals surface area contributed by atoms with E-state index in [4.69, 9.17) is 0 Å². The SMILES string of the molecule is Cc1cnc2cc(C3CCN(c4c(C)cccc4F)CC3)c(=O)n(Cc3ncccc3C(F)(F)F)c2n1. The van der Waals surface area contributed by atoms with Gasteiger partial charge in [0.2, 0.25) is 0 Å². The van der Waals surface area contributed by atoms with Gasteiger partial charge >= 0.3 is 6.18 Å². The van der Waals surface area contributed by atoms with Gasteiger partial charge in [-0.1, -0.05) is 12.1 Å². The monoisotopic (exact) mass is 511 g/mol. The maximum Gasteiger partial charge on any atom is 0.418 e. The average molecular weight is 512 g/mol. The second kappa shape index (κ2) is 9.57. The van der Waals surface area contributed by atoms with Crippen LogP contribution >= 0.6 is 0 Å². The molecule has 0 spiro atoms. The lowest BCUT2D eigenvalue weighted by atomic mass is 9.89. The number of anilines is 1. The third kappa shape index (κ3) is 4.80. The number of piperidine rings is 1. The molecule has 10 heteroatoms. The van der Waals surface area contributed by atoms with Gasteiger partial charge in [0, 0.05) is 31.0 Å². The highest BCUT2D eigenvalue weighted by atomic mass is 19.4. The van der Waals surface area contributed by atoms with E-state index in [9.17, 15) is 22.4 Å². The highest BCUT2D eigenvalue weighted by molar-refractivity contribution is 5.71. The zero-order valence-electron chi connectivity index (χ0n) is 20.4. The number of nitrogens with zero attached hydrogens (tertiary/aromatic N) is 5. The number of aromatic nitrogens is 4. The van der Waals surface area contributed by atoms with Gasteiger partial charge < -0.3 is 4.90 Å². The fourth-order valence-electron chi connectivity index (χ4n) is 5.08. The molecule has 0 N–H and O–H groups in total. The van der Waals surface area contributed by atoms with E-state index in [0.717, 1.165) is 11.6 Å². The van der Waals surface area contributed by atoms with Crippen molar-refractivity contribution in [3.8, 4) is 0 Å². The Morgan fingerprint density at radius 3 is 2.51 bits per heavy atom. The van der Waals surface area contributed by atoms with Gasteiger partial charge in [-0.2, -0.15) is 13.2 Å². The number of hydrogen-bond donors (Lipinski definition) is 0. The first-order valence-corrected chi connectivity index (χ1v) is 12.0. The number of aryl methyl sites for hydroxylation is 2. The maximum absolute atomic E-state index is 14.5. The molecular weight excluding hydrogens is 486 g/mol. The predicted octanol–water partition coefficient (Wildman–Crippen LogP) is 5.39. The van der Waals surface area contributed by atoms with Crippen LogP contribution in [0, 0.1) is 19.7 Å². The smallest absolute Gasteiger partial charge is 0.369 e. The van der Waals surface area contributed by atoms with E-state index in [1.807, 2.05) is 17.9 Å². The Kier molecular flexibility index (Phi) is 6.43. The van der Waals surface area contributed by atoms with Crippen molar-refractivity contribution in [3.05, 3.63) is 93.0 Å². The molecule has 1 aromatic carbocycles. The van der Waals surface area contributed by atoms with Crippen molar-refractivity contribution < 1.29 is 17.6 Å². The highest BCUT2D eigenvalue weighted by Gasteiger charge is 2.34. The molecule has 0 radical (unpaired) electrons. The fourth-order valence-corrected chi connectivity index (χ4v) is 5.08. The van der Waals surface area contributed by atoms with Crippen molar-refractivity contribution >= 4 is 16.9 Å². The second-order valence-electron chi connectivity index (χ2n) is 9.37. The van der Waals surface area contributed by atoms with Crippen LogP contribution in [0.25, 0.3) is 11.2 Å². The molecule has 1 fully saturated rings. The summed E-state index contributed by atoms with van der Waals surface area (Å²) in [6.45, 7) is 4.27. The standard InChI is InChI=1S/C27H25F4N5O/c1-16-5-3-7-21(28)24(16)35-11-8-18(9-12-35)19-13-22-25(34-17(2)14-33-22)36(26(19)37)15-23-20(27(29,30)31)6-4-10-32-23/h3-7,10,13-14,18H,8-9,11-12,15H2,1-2H3. The second-order valence-corrected chi connectivity index (χ2v) is 9.37. The van der Waals surface area contributed by atoms with E-state index in [2.05, 4.69) is 15.0 Å². The molecule has 0 unspecified atom stereocenters. The Morgan fingerprint density at radius 2 is 1.81 bits per heavy atom. The lowest BCUT2D eigenvalue weighted by Gasteiger charge is -2.34. The van der Waals surface area contributed by atoms with Crippen LogP contribution in [-0.2, 0) is 12.7 Å². The highest BCUT2D eigenvalue weighted by Crippen LogP contribution is 2.34. The zero-order valence-corrected chi connectivity index (χ0v) is 20.4. The van der Waals surface area contributed by atoms with Gasteiger partial charge in [-0.15, -0.1) is 0 Å². The number of halogens is 4. The number of fused-ring (bicyclic) bond motifs is 1. The van der Waals surface area contributed by atoms with Crippen molar-refractivity contribution in [1.82, 2.24) is 19.5 Å². The van der Waals surface area contributed by atoms with E-state index in [1.165, 1.54) is 22.9 Å². The number of alkyl halides is 3. The minimum absolute atomic E-state index is 0.152. The van der Waals surface area contributed by atoms with Gasteiger partial charge in [0.15, 0.2) is 5.65 Å². The molecule has 37 heavy (non-hydrogen) atoms. The lowest BCUT2D eigenvalue weighted by Crippen LogP contribution is -2.36. The van der Waals surface area contributed by atoms with E-state index < -0.39 is 17.3 Å². The predicted molar refractivity (Wildman–Crippen MR) is 132 cm³/mol. The largest absolute Gasteiger partial charge is 0.418 e. The molecule has 0 saturated carbocycles. The van der Waals surface area contributed by atoms with Crippen molar-refractivity contribution in [2.45, 2.75) is 45.3 Å². The average Bonchev–Trinajstić information content (AvgIpc) is 2.86. The molecule has 1 saturated heterocycles. The van der Waals surface area contributed by atoms with Crippen LogP contribution in [0.15, 0.2) is 53.6 Å². The van der Waals surface area contributed by atoms with Gasteiger partial charge in [0.05, 0.1) is 29.2 Å². The summed E-state index contributed by atoms with van der Waals surface area (Å²) >= 11 is 0. The summed E-state index contributed by atoms with van der Waals surface area (Å²) < 4.78 is 56.7. The Hall–Kier alpha value is -3.82.